The molecule has 0 radical (unpaired) electrons. The molecule has 37 heavy (non-hydrogen) atoms. The zero-order valence-corrected chi connectivity index (χ0v) is 24.0. The summed E-state index contributed by atoms with van der Waals surface area (Å²) >= 11 is 0. The number of aliphatic hydroxyl groups excluding tert-OH is 3. The van der Waals surface area contributed by atoms with Gasteiger partial charge in [0.15, 0.2) is 0 Å². The second-order valence-electron chi connectivity index (χ2n) is 15.1. The Bertz CT molecular complexity index is 743. The Labute approximate surface area is 224 Å². The summed E-state index contributed by atoms with van der Waals surface area (Å²) in [6.07, 6.45) is 9.65. The van der Waals surface area contributed by atoms with E-state index in [9.17, 15) is 20.1 Å². The smallest absolute Gasteiger partial charge is 0.240 e. The van der Waals surface area contributed by atoms with E-state index < -0.39 is 29.8 Å². The Morgan fingerprint density at radius 1 is 0.946 bits per heavy atom. The summed E-state index contributed by atoms with van der Waals surface area (Å²) < 4.78 is 6.22. The average Bonchev–Trinajstić information content (AvgIpc) is 2.99. The van der Waals surface area contributed by atoms with Crippen molar-refractivity contribution in [3.8, 4) is 0 Å². The number of rotatable bonds is 12. The van der Waals surface area contributed by atoms with Crippen LogP contribution in [0.3, 0.4) is 0 Å². The Morgan fingerprint density at radius 2 is 1.54 bits per heavy atom. The predicted molar refractivity (Wildman–Crippen MR) is 145 cm³/mol. The zero-order chi connectivity index (χ0) is 27.0. The van der Waals surface area contributed by atoms with Crippen molar-refractivity contribution in [3.63, 3.8) is 0 Å². The molecule has 4 saturated carbocycles. The van der Waals surface area contributed by atoms with Gasteiger partial charge in [0.2, 0.25) is 5.91 Å². The van der Waals surface area contributed by atoms with Crippen molar-refractivity contribution >= 4 is 5.91 Å². The third-order valence-electron chi connectivity index (χ3n) is 9.52. The number of amides is 1. The van der Waals surface area contributed by atoms with E-state index in [1.165, 1.54) is 38.5 Å². The molecule has 5 fully saturated rings. The molecule has 214 valence electrons. The SMILES string of the molecule is CC(C)(C)CC(C)(C)NC(=O)[C@H]1[C@@H](O)[C@@H](O)[C@@H](CO)N1CCCCCOCC12CC3CC(CC(C3)C1)C2. The number of carbonyl (C=O) groups excluding carboxylic acids is 1. The lowest BCUT2D eigenvalue weighted by molar-refractivity contribution is -0.131. The van der Waals surface area contributed by atoms with Crippen molar-refractivity contribution in [3.05, 3.63) is 0 Å². The molecule has 4 aliphatic carbocycles. The van der Waals surface area contributed by atoms with Crippen LogP contribution in [-0.2, 0) is 9.53 Å². The number of likely N-dealkylation sites (tertiary alicyclic amines) is 1. The number of aliphatic hydroxyl groups is 3. The van der Waals surface area contributed by atoms with Crippen LogP contribution < -0.4 is 5.32 Å². The summed E-state index contributed by atoms with van der Waals surface area (Å²) in [5.74, 6) is 2.56. The Morgan fingerprint density at radius 3 is 2.08 bits per heavy atom. The molecule has 1 aliphatic heterocycles. The van der Waals surface area contributed by atoms with Gasteiger partial charge in [-0.2, -0.15) is 0 Å². The fraction of sp³-hybridized carbons (Fsp3) is 0.967. The largest absolute Gasteiger partial charge is 0.395 e. The van der Waals surface area contributed by atoms with Crippen molar-refractivity contribution in [2.24, 2.45) is 28.6 Å². The van der Waals surface area contributed by atoms with Crippen molar-refractivity contribution in [2.75, 3.05) is 26.4 Å². The maximum absolute atomic E-state index is 13.3. The molecule has 0 spiro atoms. The van der Waals surface area contributed by atoms with E-state index in [-0.39, 0.29) is 17.9 Å². The van der Waals surface area contributed by atoms with Gasteiger partial charge < -0.3 is 25.4 Å². The third-order valence-corrected chi connectivity index (χ3v) is 9.52. The topological polar surface area (TPSA) is 102 Å². The molecule has 1 saturated heterocycles. The highest BCUT2D eigenvalue weighted by Gasteiger charge is 2.52. The highest BCUT2D eigenvalue weighted by Crippen LogP contribution is 2.60. The average molecular weight is 523 g/mol. The van der Waals surface area contributed by atoms with Gasteiger partial charge in [0.1, 0.15) is 12.1 Å². The highest BCUT2D eigenvalue weighted by molar-refractivity contribution is 5.83. The highest BCUT2D eigenvalue weighted by atomic mass is 16.5. The van der Waals surface area contributed by atoms with Crippen LogP contribution in [0.1, 0.15) is 98.8 Å². The summed E-state index contributed by atoms with van der Waals surface area (Å²) in [5, 5.41) is 34.3. The zero-order valence-electron chi connectivity index (χ0n) is 24.0. The lowest BCUT2D eigenvalue weighted by Gasteiger charge is -2.56. The molecule has 0 aromatic heterocycles. The van der Waals surface area contributed by atoms with Crippen LogP contribution in [0.25, 0.3) is 0 Å². The van der Waals surface area contributed by atoms with Crippen LogP contribution in [-0.4, -0.2) is 82.3 Å². The lowest BCUT2D eigenvalue weighted by Crippen LogP contribution is -2.56. The van der Waals surface area contributed by atoms with Crippen molar-refractivity contribution in [1.29, 1.82) is 0 Å². The summed E-state index contributed by atoms with van der Waals surface area (Å²) in [6, 6.07) is -1.50. The number of carbonyl (C=O) groups is 1. The first kappa shape index (κ1) is 29.3. The summed E-state index contributed by atoms with van der Waals surface area (Å²) in [6.45, 7) is 12.3. The van der Waals surface area contributed by atoms with E-state index in [0.717, 1.165) is 56.7 Å². The first-order valence-corrected chi connectivity index (χ1v) is 14.9. The number of hydrogen-bond acceptors (Lipinski definition) is 6. The Balaban J connectivity index is 1.22. The number of hydrogen-bond donors (Lipinski definition) is 4. The molecule has 5 rings (SSSR count). The van der Waals surface area contributed by atoms with Gasteiger partial charge >= 0.3 is 0 Å². The van der Waals surface area contributed by atoms with E-state index in [2.05, 4.69) is 26.1 Å². The summed E-state index contributed by atoms with van der Waals surface area (Å²) in [7, 11) is 0. The van der Waals surface area contributed by atoms with Crippen molar-refractivity contribution in [1.82, 2.24) is 10.2 Å². The molecule has 4 N–H and O–H groups in total. The molecule has 4 bridgehead atoms. The summed E-state index contributed by atoms with van der Waals surface area (Å²) in [5.41, 5.74) is 0.0406. The number of ether oxygens (including phenoxy) is 1. The number of nitrogens with one attached hydrogen (secondary N) is 1. The van der Waals surface area contributed by atoms with Gasteiger partial charge in [-0.15, -0.1) is 0 Å². The van der Waals surface area contributed by atoms with Crippen molar-refractivity contribution < 1.29 is 24.9 Å². The normalized spacial score (nSPS) is 37.9. The Hall–Kier alpha value is -0.730. The van der Waals surface area contributed by atoms with Gasteiger partial charge in [0.25, 0.3) is 0 Å². The lowest BCUT2D eigenvalue weighted by atomic mass is 9.50. The maximum Gasteiger partial charge on any atom is 0.240 e. The number of nitrogens with zero attached hydrogens (tertiary/aromatic N) is 1. The van der Waals surface area contributed by atoms with Gasteiger partial charge in [0, 0.05) is 12.1 Å². The Kier molecular flexibility index (Phi) is 9.02. The fourth-order valence-electron chi connectivity index (χ4n) is 9.04. The third kappa shape index (κ3) is 7.08. The molecule has 7 nitrogen and oxygen atoms in total. The minimum Gasteiger partial charge on any atom is -0.395 e. The van der Waals surface area contributed by atoms with Gasteiger partial charge in [-0.25, -0.2) is 0 Å². The predicted octanol–water partition coefficient (Wildman–Crippen LogP) is 3.49. The molecule has 5 aliphatic rings. The molecule has 4 atom stereocenters. The van der Waals surface area contributed by atoms with E-state index in [4.69, 9.17) is 4.74 Å². The molecule has 0 aromatic carbocycles. The monoisotopic (exact) mass is 522 g/mol. The second kappa shape index (κ2) is 11.4. The molecule has 1 heterocycles. The quantitative estimate of drug-likeness (QED) is 0.293. The van der Waals surface area contributed by atoms with Gasteiger partial charge in [0.05, 0.1) is 25.4 Å². The number of unbranched alkanes of at least 4 members (excludes halogenated alkanes) is 2. The van der Waals surface area contributed by atoms with Gasteiger partial charge in [-0.05, 0) is 113 Å². The molecular weight excluding hydrogens is 468 g/mol. The van der Waals surface area contributed by atoms with Crippen LogP contribution in [0.2, 0.25) is 0 Å². The molecule has 1 amide bonds. The van der Waals surface area contributed by atoms with Crippen LogP contribution in [0, 0.1) is 28.6 Å². The van der Waals surface area contributed by atoms with E-state index in [1.807, 2.05) is 18.7 Å². The van der Waals surface area contributed by atoms with E-state index >= 15 is 0 Å². The molecule has 0 unspecified atom stereocenters. The van der Waals surface area contributed by atoms with Gasteiger partial charge in [-0.3, -0.25) is 9.69 Å². The second-order valence-corrected chi connectivity index (χ2v) is 15.1. The van der Waals surface area contributed by atoms with Crippen LogP contribution in [0.5, 0.6) is 0 Å². The van der Waals surface area contributed by atoms with Crippen molar-refractivity contribution in [2.45, 2.75) is 129 Å². The van der Waals surface area contributed by atoms with Crippen LogP contribution >= 0.6 is 0 Å². The maximum atomic E-state index is 13.3. The van der Waals surface area contributed by atoms with Crippen LogP contribution in [0.15, 0.2) is 0 Å². The minimum atomic E-state index is -1.22. The molecule has 0 aromatic rings. The first-order valence-electron chi connectivity index (χ1n) is 14.9. The van der Waals surface area contributed by atoms with Gasteiger partial charge in [-0.1, -0.05) is 20.8 Å². The van der Waals surface area contributed by atoms with E-state index in [0.29, 0.717) is 12.0 Å². The van der Waals surface area contributed by atoms with Crippen LogP contribution in [0.4, 0.5) is 0 Å². The molecule has 7 heteroatoms. The first-order chi connectivity index (χ1) is 17.3. The standard InChI is InChI=1S/C30H54N2O5/c1-28(2,3)18-29(4,5)31-27(36)24-26(35)25(34)23(17-33)32(24)9-7-6-8-10-37-19-30-14-20-11-21(15-30)13-22(12-20)16-30/h20-26,33-35H,6-19H2,1-5H3,(H,31,36)/t20?,21?,22?,23-,24-,25+,26-,30?/m1/s1. The molecular formula is C30H54N2O5. The minimum absolute atomic E-state index is 0.0374. The fourth-order valence-corrected chi connectivity index (χ4v) is 9.04. The summed E-state index contributed by atoms with van der Waals surface area (Å²) in [4.78, 5) is 15.1. The van der Waals surface area contributed by atoms with E-state index in [1.54, 1.807) is 0 Å².